The predicted molar refractivity (Wildman–Crippen MR) is 94.6 cm³/mol. The maximum absolute atomic E-state index is 12.7. The highest BCUT2D eigenvalue weighted by atomic mass is 32.2. The zero-order valence-corrected chi connectivity index (χ0v) is 16.1. The summed E-state index contributed by atoms with van der Waals surface area (Å²) in [5, 5.41) is 2.72. The molecule has 28 heavy (non-hydrogen) atoms. The lowest BCUT2D eigenvalue weighted by atomic mass is 9.97. The summed E-state index contributed by atoms with van der Waals surface area (Å²) < 4.78 is 64.7. The van der Waals surface area contributed by atoms with Gasteiger partial charge in [-0.15, -0.1) is 0 Å². The first-order valence-corrected chi connectivity index (χ1v) is 10.2. The standard InChI is InChI=1S/C17H22F3N3O4S/c1-12(24)21-10-13-5-7-23(8-6-13)16(25)11-22-28(26,27)15-4-2-3-14(9-15)17(18,19)20/h2-4,9,13,22H,5-8,10-11H2,1H3,(H,21,24). The molecule has 0 bridgehead atoms. The van der Waals surface area contributed by atoms with Crippen LogP contribution in [0.3, 0.4) is 0 Å². The number of nitrogens with one attached hydrogen (secondary N) is 2. The average molecular weight is 421 g/mol. The van der Waals surface area contributed by atoms with Crippen molar-refractivity contribution in [2.24, 2.45) is 5.92 Å². The zero-order valence-electron chi connectivity index (χ0n) is 15.3. The minimum absolute atomic E-state index is 0.123. The number of rotatable bonds is 6. The summed E-state index contributed by atoms with van der Waals surface area (Å²) in [5.41, 5.74) is -1.08. The van der Waals surface area contributed by atoms with Gasteiger partial charge in [0.1, 0.15) is 0 Å². The van der Waals surface area contributed by atoms with Gasteiger partial charge in [0.15, 0.2) is 0 Å². The molecule has 1 aliphatic heterocycles. The molecular weight excluding hydrogens is 399 g/mol. The van der Waals surface area contributed by atoms with Gasteiger partial charge >= 0.3 is 6.18 Å². The highest BCUT2D eigenvalue weighted by Gasteiger charge is 2.32. The quantitative estimate of drug-likeness (QED) is 0.725. The molecule has 7 nitrogen and oxygen atoms in total. The van der Waals surface area contributed by atoms with Crippen molar-refractivity contribution in [3.8, 4) is 0 Å². The van der Waals surface area contributed by atoms with Crippen molar-refractivity contribution in [1.82, 2.24) is 14.9 Å². The molecule has 2 rings (SSSR count). The summed E-state index contributed by atoms with van der Waals surface area (Å²) in [6, 6.07) is 3.34. The molecule has 0 unspecified atom stereocenters. The normalized spacial score (nSPS) is 16.1. The van der Waals surface area contributed by atoms with Gasteiger partial charge < -0.3 is 10.2 Å². The second-order valence-corrected chi connectivity index (χ2v) is 8.38. The smallest absolute Gasteiger partial charge is 0.356 e. The van der Waals surface area contributed by atoms with Crippen LogP contribution in [0.4, 0.5) is 13.2 Å². The topological polar surface area (TPSA) is 95.6 Å². The van der Waals surface area contributed by atoms with Crippen LogP contribution in [0.15, 0.2) is 29.2 Å². The lowest BCUT2D eigenvalue weighted by Crippen LogP contribution is -2.45. The third-order valence-corrected chi connectivity index (χ3v) is 5.89. The van der Waals surface area contributed by atoms with E-state index in [4.69, 9.17) is 0 Å². The molecule has 1 heterocycles. The number of likely N-dealkylation sites (tertiary alicyclic amines) is 1. The van der Waals surface area contributed by atoms with Crippen molar-refractivity contribution < 1.29 is 31.2 Å². The number of halogens is 3. The molecule has 0 spiro atoms. The highest BCUT2D eigenvalue weighted by Crippen LogP contribution is 2.30. The van der Waals surface area contributed by atoms with Crippen LogP contribution in [0.2, 0.25) is 0 Å². The molecule has 0 aromatic heterocycles. The molecule has 0 atom stereocenters. The highest BCUT2D eigenvalue weighted by molar-refractivity contribution is 7.89. The van der Waals surface area contributed by atoms with E-state index in [0.717, 1.165) is 18.2 Å². The number of hydrogen-bond donors (Lipinski definition) is 2. The van der Waals surface area contributed by atoms with E-state index in [1.54, 1.807) is 0 Å². The summed E-state index contributed by atoms with van der Waals surface area (Å²) in [7, 11) is -4.25. The van der Waals surface area contributed by atoms with Crippen LogP contribution in [0.5, 0.6) is 0 Å². The van der Waals surface area contributed by atoms with Crippen LogP contribution in [0.1, 0.15) is 25.3 Å². The first kappa shape index (κ1) is 22.2. The van der Waals surface area contributed by atoms with E-state index in [0.29, 0.717) is 38.5 Å². The van der Waals surface area contributed by atoms with E-state index in [1.165, 1.54) is 11.8 Å². The summed E-state index contributed by atoms with van der Waals surface area (Å²) >= 11 is 0. The number of carbonyl (C=O) groups is 2. The van der Waals surface area contributed by atoms with Gasteiger partial charge in [0.2, 0.25) is 21.8 Å². The van der Waals surface area contributed by atoms with E-state index >= 15 is 0 Å². The molecule has 11 heteroatoms. The molecule has 1 saturated heterocycles. The largest absolute Gasteiger partial charge is 0.416 e. The second-order valence-electron chi connectivity index (χ2n) is 6.61. The molecule has 0 saturated carbocycles. The maximum Gasteiger partial charge on any atom is 0.416 e. The van der Waals surface area contributed by atoms with E-state index in [2.05, 4.69) is 10.0 Å². The fourth-order valence-corrected chi connectivity index (χ4v) is 3.89. The van der Waals surface area contributed by atoms with Crippen molar-refractivity contribution >= 4 is 21.8 Å². The van der Waals surface area contributed by atoms with Crippen molar-refractivity contribution in [2.45, 2.75) is 30.8 Å². The van der Waals surface area contributed by atoms with E-state index in [-0.39, 0.29) is 11.8 Å². The number of nitrogens with zero attached hydrogens (tertiary/aromatic N) is 1. The van der Waals surface area contributed by atoms with Crippen molar-refractivity contribution in [2.75, 3.05) is 26.2 Å². The van der Waals surface area contributed by atoms with Gasteiger partial charge in [0.25, 0.3) is 0 Å². The lowest BCUT2D eigenvalue weighted by molar-refractivity contribution is -0.137. The van der Waals surface area contributed by atoms with E-state index in [9.17, 15) is 31.2 Å². The SMILES string of the molecule is CC(=O)NCC1CCN(C(=O)CNS(=O)(=O)c2cccc(C(F)(F)F)c2)CC1. The van der Waals surface area contributed by atoms with Gasteiger partial charge in [0, 0.05) is 26.6 Å². The number of amides is 2. The second kappa shape index (κ2) is 8.91. The Morgan fingerprint density at radius 3 is 2.43 bits per heavy atom. The van der Waals surface area contributed by atoms with Crippen LogP contribution in [0, 0.1) is 5.92 Å². The third-order valence-electron chi connectivity index (χ3n) is 4.49. The molecular formula is C17H22F3N3O4S. The average Bonchev–Trinajstić information content (AvgIpc) is 2.64. The number of sulfonamides is 1. The Morgan fingerprint density at radius 2 is 1.86 bits per heavy atom. The van der Waals surface area contributed by atoms with Crippen LogP contribution >= 0.6 is 0 Å². The van der Waals surface area contributed by atoms with Crippen molar-refractivity contribution in [3.05, 3.63) is 29.8 Å². The van der Waals surface area contributed by atoms with Crippen molar-refractivity contribution in [3.63, 3.8) is 0 Å². The van der Waals surface area contributed by atoms with Gasteiger partial charge in [-0.25, -0.2) is 13.1 Å². The van der Waals surface area contributed by atoms with Crippen LogP contribution in [-0.4, -0.2) is 51.3 Å². The number of carbonyl (C=O) groups excluding carboxylic acids is 2. The first-order valence-electron chi connectivity index (χ1n) is 8.68. The van der Waals surface area contributed by atoms with Gasteiger partial charge in [0.05, 0.1) is 17.0 Å². The van der Waals surface area contributed by atoms with Gasteiger partial charge in [-0.1, -0.05) is 6.07 Å². The van der Waals surface area contributed by atoms with Crippen LogP contribution in [0.25, 0.3) is 0 Å². The fraction of sp³-hybridized carbons (Fsp3) is 0.529. The third kappa shape index (κ3) is 6.20. The Bertz CT molecular complexity index is 819. The Labute approximate surface area is 161 Å². The van der Waals surface area contributed by atoms with Crippen LogP contribution < -0.4 is 10.0 Å². The van der Waals surface area contributed by atoms with Gasteiger partial charge in [-0.3, -0.25) is 9.59 Å². The minimum atomic E-state index is -4.66. The molecule has 156 valence electrons. The Kier molecular flexibility index (Phi) is 7.05. The summed E-state index contributed by atoms with van der Waals surface area (Å²) in [4.78, 5) is 24.1. The first-order chi connectivity index (χ1) is 13.0. The predicted octanol–water partition coefficient (Wildman–Crippen LogP) is 1.36. The number of piperidine rings is 1. The molecule has 2 amide bonds. The summed E-state index contributed by atoms with van der Waals surface area (Å²) in [6.07, 6.45) is -3.32. The number of hydrogen-bond acceptors (Lipinski definition) is 4. The molecule has 1 aromatic rings. The molecule has 1 aromatic carbocycles. The molecule has 0 radical (unpaired) electrons. The molecule has 2 N–H and O–H groups in total. The molecule has 0 aliphatic carbocycles. The van der Waals surface area contributed by atoms with Crippen LogP contribution in [-0.2, 0) is 25.8 Å². The summed E-state index contributed by atoms with van der Waals surface area (Å²) in [5.74, 6) is -0.328. The molecule has 1 fully saturated rings. The van der Waals surface area contributed by atoms with E-state index < -0.39 is 39.1 Å². The molecule has 1 aliphatic rings. The fourth-order valence-electron chi connectivity index (χ4n) is 2.87. The van der Waals surface area contributed by atoms with E-state index in [1.807, 2.05) is 0 Å². The Balaban J connectivity index is 1.89. The van der Waals surface area contributed by atoms with Gasteiger partial charge in [-0.2, -0.15) is 13.2 Å². The maximum atomic E-state index is 12.7. The lowest BCUT2D eigenvalue weighted by Gasteiger charge is -2.32. The van der Waals surface area contributed by atoms with Crippen molar-refractivity contribution in [1.29, 1.82) is 0 Å². The number of benzene rings is 1. The Morgan fingerprint density at radius 1 is 1.21 bits per heavy atom. The number of alkyl halides is 3. The van der Waals surface area contributed by atoms with Gasteiger partial charge in [-0.05, 0) is 37.0 Å². The zero-order chi connectivity index (χ0) is 20.9. The monoisotopic (exact) mass is 421 g/mol. The summed E-state index contributed by atoms with van der Waals surface area (Å²) in [6.45, 7) is 2.27. The Hall–Kier alpha value is -2.14. The minimum Gasteiger partial charge on any atom is -0.356 e.